The van der Waals surface area contributed by atoms with Crippen molar-refractivity contribution in [1.82, 2.24) is 0 Å². The molecule has 2 aliphatic heterocycles. The van der Waals surface area contributed by atoms with Crippen LogP contribution in [0.2, 0.25) is 10.0 Å². The molecule has 2 heterocycles. The fourth-order valence-corrected chi connectivity index (χ4v) is 4.78. The first kappa shape index (κ1) is 20.8. The summed E-state index contributed by atoms with van der Waals surface area (Å²) in [7, 11) is 1.55. The Hall–Kier alpha value is -3.06. The molecule has 32 heavy (non-hydrogen) atoms. The van der Waals surface area contributed by atoms with Crippen LogP contribution in [0.3, 0.4) is 0 Å². The molecule has 0 bridgehead atoms. The molecule has 6 nitrogen and oxygen atoms in total. The smallest absolute Gasteiger partial charge is 0.266 e. The average molecular weight is 469 g/mol. The molecular formula is C24H18Cl2N2O4. The van der Waals surface area contributed by atoms with Crippen LogP contribution in [0.1, 0.15) is 11.6 Å². The third-order valence-electron chi connectivity index (χ3n) is 5.74. The summed E-state index contributed by atoms with van der Waals surface area (Å²) >= 11 is 12.6. The fraction of sp³-hybridized carbons (Fsp3) is 0.167. The van der Waals surface area contributed by atoms with Crippen molar-refractivity contribution in [3.8, 4) is 5.75 Å². The van der Waals surface area contributed by atoms with Gasteiger partial charge in [-0.15, -0.1) is 0 Å². The van der Waals surface area contributed by atoms with Crippen molar-refractivity contribution in [2.75, 3.05) is 17.1 Å². The SMILES string of the molecule is COc1ccc(N2C(=O)[C@@H]3[C@H](ON(c4ccccc4)[C@H]3c3ccc(Cl)cc3Cl)C2=O)cc1. The number of para-hydroxylation sites is 1. The van der Waals surface area contributed by atoms with E-state index in [9.17, 15) is 9.59 Å². The van der Waals surface area contributed by atoms with Gasteiger partial charge in [0, 0.05) is 10.0 Å². The van der Waals surface area contributed by atoms with E-state index in [1.54, 1.807) is 54.6 Å². The number of hydrogen-bond acceptors (Lipinski definition) is 5. The van der Waals surface area contributed by atoms with E-state index in [0.717, 1.165) is 5.69 Å². The molecule has 2 fully saturated rings. The number of anilines is 2. The molecule has 8 heteroatoms. The van der Waals surface area contributed by atoms with E-state index < -0.39 is 24.0 Å². The quantitative estimate of drug-likeness (QED) is 0.501. The summed E-state index contributed by atoms with van der Waals surface area (Å²) in [6.07, 6.45) is -0.971. The Balaban J connectivity index is 1.58. The van der Waals surface area contributed by atoms with E-state index >= 15 is 0 Å². The molecule has 0 aliphatic carbocycles. The molecule has 0 unspecified atom stereocenters. The van der Waals surface area contributed by atoms with Crippen LogP contribution < -0.4 is 14.7 Å². The molecule has 5 rings (SSSR count). The zero-order valence-corrected chi connectivity index (χ0v) is 18.5. The highest BCUT2D eigenvalue weighted by atomic mass is 35.5. The standard InChI is InChI=1S/C24H18Cl2N2O4/c1-31-17-10-8-15(9-11-17)27-23(29)20-21(18-12-7-14(25)13-19(18)26)28(32-22(20)24(27)30)16-5-3-2-4-6-16/h2-13,20-22H,1H3/t20-,21-,22-/m0/s1. The Morgan fingerprint density at radius 3 is 2.25 bits per heavy atom. The monoisotopic (exact) mass is 468 g/mol. The first-order valence-corrected chi connectivity index (χ1v) is 10.7. The first-order valence-electron chi connectivity index (χ1n) is 9.97. The second-order valence-electron chi connectivity index (χ2n) is 7.53. The molecule has 0 radical (unpaired) electrons. The molecule has 0 N–H and O–H groups in total. The summed E-state index contributed by atoms with van der Waals surface area (Å²) in [5.74, 6) is -0.910. The number of carbonyl (C=O) groups excluding carboxylic acids is 2. The van der Waals surface area contributed by atoms with Crippen molar-refractivity contribution in [2.24, 2.45) is 5.92 Å². The summed E-state index contributed by atoms with van der Waals surface area (Å²) in [6.45, 7) is 0. The Bertz CT molecular complexity index is 1190. The average Bonchev–Trinajstić information content (AvgIpc) is 3.30. The number of hydrogen-bond donors (Lipinski definition) is 0. The molecular weight excluding hydrogens is 451 g/mol. The molecule has 3 atom stereocenters. The molecule has 0 saturated carbocycles. The number of rotatable bonds is 4. The number of nitrogens with zero attached hydrogens (tertiary/aromatic N) is 2. The van der Waals surface area contributed by atoms with E-state index in [2.05, 4.69) is 0 Å². The summed E-state index contributed by atoms with van der Waals surface area (Å²) < 4.78 is 5.18. The number of hydroxylamine groups is 1. The van der Waals surface area contributed by atoms with Gasteiger partial charge < -0.3 is 4.74 Å². The van der Waals surface area contributed by atoms with Crippen molar-refractivity contribution in [1.29, 1.82) is 0 Å². The summed E-state index contributed by atoms with van der Waals surface area (Å²) in [5.41, 5.74) is 1.84. The van der Waals surface area contributed by atoms with Crippen molar-refractivity contribution < 1.29 is 19.2 Å². The third kappa shape index (κ3) is 3.32. The van der Waals surface area contributed by atoms with Gasteiger partial charge in [0.2, 0.25) is 5.91 Å². The lowest BCUT2D eigenvalue weighted by molar-refractivity contribution is -0.126. The molecule has 162 valence electrons. The Morgan fingerprint density at radius 1 is 0.875 bits per heavy atom. The van der Waals surface area contributed by atoms with Gasteiger partial charge in [-0.05, 0) is 54.1 Å². The Morgan fingerprint density at radius 2 is 1.59 bits per heavy atom. The van der Waals surface area contributed by atoms with E-state index in [1.165, 1.54) is 4.90 Å². The second kappa shape index (κ2) is 8.13. The van der Waals surface area contributed by atoms with Crippen molar-refractivity contribution in [3.05, 3.63) is 88.4 Å². The number of halogens is 2. The molecule has 0 aromatic heterocycles. The fourth-order valence-electron chi connectivity index (χ4n) is 4.26. The van der Waals surface area contributed by atoms with E-state index in [-0.39, 0.29) is 5.91 Å². The van der Waals surface area contributed by atoms with Crippen LogP contribution in [0, 0.1) is 5.92 Å². The van der Waals surface area contributed by atoms with E-state index in [1.807, 2.05) is 30.3 Å². The lowest BCUT2D eigenvalue weighted by Gasteiger charge is -2.29. The highest BCUT2D eigenvalue weighted by Gasteiger charge is 2.60. The predicted molar refractivity (Wildman–Crippen MR) is 122 cm³/mol. The first-order chi connectivity index (χ1) is 15.5. The number of benzene rings is 3. The summed E-state index contributed by atoms with van der Waals surface area (Å²) in [6, 6.07) is 20.6. The minimum absolute atomic E-state index is 0.348. The van der Waals surface area contributed by atoms with Crippen LogP contribution in [0.5, 0.6) is 5.75 Å². The van der Waals surface area contributed by atoms with E-state index in [0.29, 0.717) is 27.0 Å². The van der Waals surface area contributed by atoms with Crippen molar-refractivity contribution >= 4 is 46.4 Å². The van der Waals surface area contributed by atoms with Crippen molar-refractivity contribution in [2.45, 2.75) is 12.1 Å². The maximum Gasteiger partial charge on any atom is 0.266 e. The van der Waals surface area contributed by atoms with Crippen LogP contribution in [0.4, 0.5) is 11.4 Å². The second-order valence-corrected chi connectivity index (χ2v) is 8.38. The minimum Gasteiger partial charge on any atom is -0.497 e. The van der Waals surface area contributed by atoms with Gasteiger partial charge in [0.05, 0.1) is 24.5 Å². The highest BCUT2D eigenvalue weighted by Crippen LogP contribution is 2.49. The maximum absolute atomic E-state index is 13.6. The van der Waals surface area contributed by atoms with Gasteiger partial charge in [0.1, 0.15) is 11.7 Å². The largest absolute Gasteiger partial charge is 0.497 e. The zero-order valence-electron chi connectivity index (χ0n) is 16.9. The lowest BCUT2D eigenvalue weighted by Crippen LogP contribution is -2.37. The minimum atomic E-state index is -0.971. The topological polar surface area (TPSA) is 59.1 Å². The predicted octanol–water partition coefficient (Wildman–Crippen LogP) is 5.05. The van der Waals surface area contributed by atoms with Gasteiger partial charge in [0.15, 0.2) is 6.10 Å². The molecule has 3 aromatic rings. The van der Waals surface area contributed by atoms with Gasteiger partial charge in [-0.1, -0.05) is 47.5 Å². The third-order valence-corrected chi connectivity index (χ3v) is 6.30. The van der Waals surface area contributed by atoms with Crippen LogP contribution in [0.15, 0.2) is 72.8 Å². The molecule has 2 aliphatic rings. The molecule has 0 spiro atoms. The van der Waals surface area contributed by atoms with E-state index in [4.69, 9.17) is 32.8 Å². The van der Waals surface area contributed by atoms with Gasteiger partial charge >= 0.3 is 0 Å². The lowest BCUT2D eigenvalue weighted by atomic mass is 9.90. The maximum atomic E-state index is 13.6. The van der Waals surface area contributed by atoms with Crippen LogP contribution in [-0.2, 0) is 14.4 Å². The number of fused-ring (bicyclic) bond motifs is 1. The zero-order chi connectivity index (χ0) is 22.4. The number of methoxy groups -OCH3 is 1. The molecule has 2 saturated heterocycles. The molecule has 3 aromatic carbocycles. The number of carbonyl (C=O) groups is 2. The summed E-state index contributed by atoms with van der Waals surface area (Å²) in [4.78, 5) is 34.2. The van der Waals surface area contributed by atoms with Gasteiger partial charge in [-0.25, -0.2) is 9.96 Å². The molecule has 2 amide bonds. The Kier molecular flexibility index (Phi) is 5.29. The Labute approximate surface area is 194 Å². The number of ether oxygens (including phenoxy) is 1. The van der Waals surface area contributed by atoms with Crippen LogP contribution in [-0.4, -0.2) is 25.0 Å². The van der Waals surface area contributed by atoms with Gasteiger partial charge in [-0.2, -0.15) is 0 Å². The number of imide groups is 1. The normalized spacial score (nSPS) is 22.4. The van der Waals surface area contributed by atoms with Crippen LogP contribution >= 0.6 is 23.2 Å². The van der Waals surface area contributed by atoms with Gasteiger partial charge in [0.25, 0.3) is 5.91 Å². The highest BCUT2D eigenvalue weighted by molar-refractivity contribution is 6.35. The van der Waals surface area contributed by atoms with Gasteiger partial charge in [-0.3, -0.25) is 14.4 Å². The summed E-state index contributed by atoms with van der Waals surface area (Å²) in [5, 5.41) is 2.48. The number of amides is 2. The van der Waals surface area contributed by atoms with Crippen LogP contribution in [0.25, 0.3) is 0 Å². The van der Waals surface area contributed by atoms with Crippen molar-refractivity contribution in [3.63, 3.8) is 0 Å².